The Morgan fingerprint density at radius 2 is 2.43 bits per heavy atom. The number of methoxy groups -OCH3 is 1. The number of aromatic nitrogens is 2. The summed E-state index contributed by atoms with van der Waals surface area (Å²) >= 11 is 5.70. The smallest absolute Gasteiger partial charge is 0.137 e. The largest absolute Gasteiger partial charge is 0.379 e. The van der Waals surface area contributed by atoms with Crippen LogP contribution in [0, 0.1) is 3.70 Å². The number of hydrogen-bond acceptors (Lipinski definition) is 2. The van der Waals surface area contributed by atoms with E-state index in [2.05, 4.69) is 43.6 Å². The fourth-order valence-electron chi connectivity index (χ4n) is 2.00. The van der Waals surface area contributed by atoms with E-state index in [0.29, 0.717) is 12.1 Å². The Morgan fingerprint density at radius 1 is 1.64 bits per heavy atom. The fraction of sp³-hybridized carbons (Fsp3) is 0.667. The lowest BCUT2D eigenvalue weighted by Crippen LogP contribution is -2.20. The molecule has 1 aromatic rings. The van der Waals surface area contributed by atoms with Gasteiger partial charge in [-0.25, -0.2) is 0 Å². The van der Waals surface area contributed by atoms with Gasteiger partial charge in [0.15, 0.2) is 0 Å². The molecule has 1 saturated carbocycles. The molecule has 0 bridgehead atoms. The van der Waals surface area contributed by atoms with E-state index in [4.69, 9.17) is 4.74 Å². The molecule has 78 valence electrons. The lowest BCUT2D eigenvalue weighted by Gasteiger charge is -2.18. The predicted octanol–water partition coefficient (Wildman–Crippen LogP) is 2.99. The summed E-state index contributed by atoms with van der Waals surface area (Å²) in [7, 11) is 1.78. The highest BCUT2D eigenvalue weighted by Crippen LogP contribution is 2.33. The van der Waals surface area contributed by atoms with Gasteiger partial charge in [-0.15, -0.1) is 0 Å². The molecule has 14 heavy (non-hydrogen) atoms. The molecule has 1 aromatic heterocycles. The summed E-state index contributed by atoms with van der Waals surface area (Å²) in [6.45, 7) is 0. The van der Waals surface area contributed by atoms with Crippen molar-refractivity contribution in [2.45, 2.75) is 31.4 Å². The maximum atomic E-state index is 5.45. The number of nitrogens with zero attached hydrogens (tertiary/aromatic N) is 2. The van der Waals surface area contributed by atoms with Gasteiger partial charge >= 0.3 is 0 Å². The Labute approximate surface area is 105 Å². The molecule has 1 heterocycles. The quantitative estimate of drug-likeness (QED) is 0.748. The highest BCUT2D eigenvalue weighted by molar-refractivity contribution is 14.1. The van der Waals surface area contributed by atoms with Crippen molar-refractivity contribution in [1.29, 1.82) is 0 Å². The van der Waals surface area contributed by atoms with Crippen LogP contribution < -0.4 is 0 Å². The molecule has 5 heteroatoms. The van der Waals surface area contributed by atoms with Crippen molar-refractivity contribution in [2.75, 3.05) is 7.11 Å². The number of hydrogen-bond donors (Lipinski definition) is 0. The van der Waals surface area contributed by atoms with Crippen LogP contribution in [-0.2, 0) is 4.74 Å². The van der Waals surface area contributed by atoms with E-state index in [1.165, 1.54) is 12.8 Å². The van der Waals surface area contributed by atoms with Gasteiger partial charge in [0.1, 0.15) is 3.70 Å². The summed E-state index contributed by atoms with van der Waals surface area (Å²) in [5, 5.41) is 4.47. The van der Waals surface area contributed by atoms with E-state index in [0.717, 1.165) is 14.6 Å². The average molecular weight is 371 g/mol. The zero-order chi connectivity index (χ0) is 10.1. The van der Waals surface area contributed by atoms with Crippen LogP contribution in [-0.4, -0.2) is 23.0 Å². The zero-order valence-corrected chi connectivity index (χ0v) is 11.7. The van der Waals surface area contributed by atoms with E-state index >= 15 is 0 Å². The summed E-state index contributed by atoms with van der Waals surface area (Å²) in [5.74, 6) is 0. The second-order valence-electron chi connectivity index (χ2n) is 3.52. The molecule has 0 aromatic carbocycles. The summed E-state index contributed by atoms with van der Waals surface area (Å²) in [6, 6.07) is 0.416. The van der Waals surface area contributed by atoms with E-state index in [1.807, 2.05) is 10.9 Å². The van der Waals surface area contributed by atoms with Crippen molar-refractivity contribution in [1.82, 2.24) is 9.78 Å². The molecule has 0 saturated heterocycles. The van der Waals surface area contributed by atoms with Crippen molar-refractivity contribution < 1.29 is 4.74 Å². The molecule has 0 radical (unpaired) electrons. The normalized spacial score (nSPS) is 27.1. The SMILES string of the molecule is COC1CCCC1n1cc(Br)c(I)n1. The second kappa shape index (κ2) is 4.49. The molecular formula is C9H12BrIN2O. The summed E-state index contributed by atoms with van der Waals surface area (Å²) in [5.41, 5.74) is 0. The Balaban J connectivity index is 2.21. The predicted molar refractivity (Wildman–Crippen MR) is 66.3 cm³/mol. The molecule has 1 fully saturated rings. The molecule has 3 nitrogen and oxygen atoms in total. The van der Waals surface area contributed by atoms with E-state index in [-0.39, 0.29) is 0 Å². The van der Waals surface area contributed by atoms with Crippen LogP contribution in [0.2, 0.25) is 0 Å². The highest BCUT2D eigenvalue weighted by Gasteiger charge is 2.29. The third-order valence-corrected chi connectivity index (χ3v) is 4.82. The topological polar surface area (TPSA) is 27.1 Å². The number of ether oxygens (including phenoxy) is 1. The van der Waals surface area contributed by atoms with Gasteiger partial charge in [0.2, 0.25) is 0 Å². The van der Waals surface area contributed by atoms with E-state index in [9.17, 15) is 0 Å². The molecule has 0 spiro atoms. The van der Waals surface area contributed by atoms with E-state index < -0.39 is 0 Å². The van der Waals surface area contributed by atoms with Gasteiger partial charge < -0.3 is 4.74 Å². The minimum Gasteiger partial charge on any atom is -0.379 e. The minimum absolute atomic E-state index is 0.331. The molecule has 0 amide bonds. The van der Waals surface area contributed by atoms with Crippen molar-refractivity contribution in [2.24, 2.45) is 0 Å². The minimum atomic E-state index is 0.331. The molecule has 1 aliphatic carbocycles. The van der Waals surface area contributed by atoms with Crippen LogP contribution >= 0.6 is 38.5 Å². The first-order chi connectivity index (χ1) is 6.72. The third-order valence-electron chi connectivity index (χ3n) is 2.71. The van der Waals surface area contributed by atoms with Crippen molar-refractivity contribution in [3.8, 4) is 0 Å². The fourth-order valence-corrected chi connectivity index (χ4v) is 2.68. The van der Waals surface area contributed by atoms with Crippen molar-refractivity contribution in [3.05, 3.63) is 14.4 Å². The maximum Gasteiger partial charge on any atom is 0.137 e. The summed E-state index contributed by atoms with van der Waals surface area (Å²) in [4.78, 5) is 0. The van der Waals surface area contributed by atoms with Crippen LogP contribution in [0.4, 0.5) is 0 Å². The van der Waals surface area contributed by atoms with Gasteiger partial charge in [-0.3, -0.25) is 4.68 Å². The van der Waals surface area contributed by atoms with Gasteiger partial charge in [-0.05, 0) is 57.8 Å². The molecule has 0 N–H and O–H groups in total. The van der Waals surface area contributed by atoms with Crippen LogP contribution in [0.1, 0.15) is 25.3 Å². The summed E-state index contributed by atoms with van der Waals surface area (Å²) in [6.07, 6.45) is 5.93. The Bertz CT molecular complexity index is 309. The first-order valence-electron chi connectivity index (χ1n) is 4.65. The standard InChI is InChI=1S/C9H12BrIN2O/c1-14-8-4-2-3-7(8)13-5-6(10)9(11)12-13/h5,7-8H,2-4H2,1H3. The van der Waals surface area contributed by atoms with Crippen LogP contribution in [0.5, 0.6) is 0 Å². The molecule has 2 rings (SSSR count). The Kier molecular flexibility index (Phi) is 3.49. The van der Waals surface area contributed by atoms with Crippen molar-refractivity contribution >= 4 is 38.5 Å². The number of halogens is 2. The van der Waals surface area contributed by atoms with Crippen LogP contribution in [0.25, 0.3) is 0 Å². The molecule has 2 atom stereocenters. The summed E-state index contributed by atoms with van der Waals surface area (Å²) < 4.78 is 9.57. The van der Waals surface area contributed by atoms with Gasteiger partial charge in [-0.1, -0.05) is 0 Å². The molecule has 1 aliphatic rings. The molecule has 0 aliphatic heterocycles. The van der Waals surface area contributed by atoms with Crippen molar-refractivity contribution in [3.63, 3.8) is 0 Å². The first-order valence-corrected chi connectivity index (χ1v) is 6.52. The lowest BCUT2D eigenvalue weighted by atomic mass is 10.2. The Morgan fingerprint density at radius 3 is 3.00 bits per heavy atom. The number of rotatable bonds is 2. The molecular weight excluding hydrogens is 359 g/mol. The second-order valence-corrected chi connectivity index (χ2v) is 5.40. The van der Waals surface area contributed by atoms with Crippen LogP contribution in [0.15, 0.2) is 10.7 Å². The average Bonchev–Trinajstić information content (AvgIpc) is 2.73. The monoisotopic (exact) mass is 370 g/mol. The first kappa shape index (κ1) is 10.9. The van der Waals surface area contributed by atoms with Gasteiger partial charge in [-0.2, -0.15) is 5.10 Å². The van der Waals surface area contributed by atoms with Gasteiger partial charge in [0.05, 0.1) is 16.6 Å². The third kappa shape index (κ3) is 1.99. The lowest BCUT2D eigenvalue weighted by molar-refractivity contribution is 0.0707. The zero-order valence-electron chi connectivity index (χ0n) is 7.91. The van der Waals surface area contributed by atoms with Gasteiger partial charge in [0, 0.05) is 13.3 Å². The maximum absolute atomic E-state index is 5.45. The van der Waals surface area contributed by atoms with Gasteiger partial charge in [0.25, 0.3) is 0 Å². The molecule has 2 unspecified atom stereocenters. The van der Waals surface area contributed by atoms with Crippen LogP contribution in [0.3, 0.4) is 0 Å². The van der Waals surface area contributed by atoms with E-state index in [1.54, 1.807) is 7.11 Å². The Hall–Kier alpha value is 0.380. The highest BCUT2D eigenvalue weighted by atomic mass is 127.